The number of aromatic nitrogens is 2. The molecule has 0 spiro atoms. The van der Waals surface area contributed by atoms with Crippen LogP contribution in [0.4, 0.5) is 10.1 Å². The zero-order valence-corrected chi connectivity index (χ0v) is 17.9. The van der Waals surface area contributed by atoms with Crippen molar-refractivity contribution in [1.82, 2.24) is 9.55 Å². The maximum Gasteiger partial charge on any atom is 0.266 e. The molecule has 4 aromatic rings. The first kappa shape index (κ1) is 20.8. The van der Waals surface area contributed by atoms with E-state index in [2.05, 4.69) is 10.3 Å². The number of rotatable bonds is 5. The highest BCUT2D eigenvalue weighted by Crippen LogP contribution is 2.24. The molecule has 1 amide bonds. The Morgan fingerprint density at radius 2 is 1.77 bits per heavy atom. The van der Waals surface area contributed by atoms with E-state index in [-0.39, 0.29) is 23.0 Å². The van der Waals surface area contributed by atoms with Gasteiger partial charge in [-0.25, -0.2) is 9.37 Å². The minimum atomic E-state index is -0.370. The van der Waals surface area contributed by atoms with Crippen molar-refractivity contribution in [2.45, 2.75) is 19.0 Å². The minimum absolute atomic E-state index is 0.0486. The van der Waals surface area contributed by atoms with Gasteiger partial charge in [-0.15, -0.1) is 0 Å². The Labute approximate surface area is 182 Å². The third kappa shape index (κ3) is 4.36. The van der Waals surface area contributed by atoms with Gasteiger partial charge in [-0.1, -0.05) is 36.0 Å². The average molecular weight is 434 g/mol. The number of nitrogens with zero attached hydrogens (tertiary/aromatic N) is 2. The van der Waals surface area contributed by atoms with Gasteiger partial charge >= 0.3 is 0 Å². The quantitative estimate of drug-likeness (QED) is 0.360. The fourth-order valence-electron chi connectivity index (χ4n) is 3.26. The summed E-state index contributed by atoms with van der Waals surface area (Å²) in [4.78, 5) is 30.5. The fraction of sp³-hybridized carbons (Fsp3) is 0.125. The molecule has 1 heterocycles. The Morgan fingerprint density at radius 3 is 2.55 bits per heavy atom. The zero-order chi connectivity index (χ0) is 22.0. The van der Waals surface area contributed by atoms with E-state index in [4.69, 9.17) is 0 Å². The molecule has 7 heteroatoms. The molecule has 31 heavy (non-hydrogen) atoms. The molecular formula is C24H20FN3O2S. The molecule has 0 aliphatic rings. The van der Waals surface area contributed by atoms with Gasteiger partial charge in [0.2, 0.25) is 5.91 Å². The summed E-state index contributed by atoms with van der Waals surface area (Å²) < 4.78 is 14.6. The van der Waals surface area contributed by atoms with Crippen LogP contribution in [0.5, 0.6) is 0 Å². The molecule has 0 aliphatic carbocycles. The van der Waals surface area contributed by atoms with Gasteiger partial charge in [0, 0.05) is 5.69 Å². The van der Waals surface area contributed by atoms with E-state index in [9.17, 15) is 14.0 Å². The van der Waals surface area contributed by atoms with Gasteiger partial charge in [-0.05, 0) is 67.4 Å². The summed E-state index contributed by atoms with van der Waals surface area (Å²) in [5.41, 5.74) is 3.67. The van der Waals surface area contributed by atoms with Crippen LogP contribution in [0.3, 0.4) is 0 Å². The number of benzene rings is 3. The number of fused-ring (bicyclic) bond motifs is 1. The molecule has 4 rings (SSSR count). The number of anilines is 1. The van der Waals surface area contributed by atoms with Gasteiger partial charge in [-0.3, -0.25) is 14.2 Å². The average Bonchev–Trinajstić information content (AvgIpc) is 2.76. The molecule has 5 nitrogen and oxygen atoms in total. The maximum atomic E-state index is 13.4. The molecule has 0 fully saturated rings. The number of nitrogens with one attached hydrogen (secondary N) is 1. The van der Waals surface area contributed by atoms with Crippen LogP contribution in [0.25, 0.3) is 16.6 Å². The molecule has 1 N–H and O–H groups in total. The van der Waals surface area contributed by atoms with Crippen LogP contribution in [0.15, 0.2) is 76.7 Å². The second-order valence-electron chi connectivity index (χ2n) is 7.11. The number of hydrogen-bond donors (Lipinski definition) is 1. The maximum absolute atomic E-state index is 13.4. The van der Waals surface area contributed by atoms with Crippen LogP contribution in [0.1, 0.15) is 11.1 Å². The smallest absolute Gasteiger partial charge is 0.266 e. The summed E-state index contributed by atoms with van der Waals surface area (Å²) in [5.74, 6) is -0.593. The predicted molar refractivity (Wildman–Crippen MR) is 123 cm³/mol. The molecule has 156 valence electrons. The standard InChI is InChI=1S/C24H20FN3O2S/c1-15-6-5-9-21(16(15)2)28-23(30)19-7-3-4-8-20(19)27-24(28)31-14-22(29)26-18-12-10-17(25)11-13-18/h3-13H,14H2,1-2H3,(H,26,29). The van der Waals surface area contributed by atoms with Gasteiger partial charge in [0.05, 0.1) is 22.3 Å². The van der Waals surface area contributed by atoms with Crippen LogP contribution in [0.2, 0.25) is 0 Å². The number of halogens is 1. The van der Waals surface area contributed by atoms with Gasteiger partial charge < -0.3 is 5.32 Å². The lowest BCUT2D eigenvalue weighted by molar-refractivity contribution is -0.113. The summed E-state index contributed by atoms with van der Waals surface area (Å²) in [6, 6.07) is 18.5. The van der Waals surface area contributed by atoms with Crippen molar-refractivity contribution < 1.29 is 9.18 Å². The molecule has 0 saturated carbocycles. The van der Waals surface area contributed by atoms with E-state index in [1.54, 1.807) is 16.7 Å². The van der Waals surface area contributed by atoms with E-state index >= 15 is 0 Å². The van der Waals surface area contributed by atoms with Crippen molar-refractivity contribution in [2.75, 3.05) is 11.1 Å². The molecule has 1 aromatic heterocycles. The van der Waals surface area contributed by atoms with Gasteiger partial charge in [0.25, 0.3) is 5.56 Å². The first-order valence-electron chi connectivity index (χ1n) is 9.70. The van der Waals surface area contributed by atoms with E-state index in [0.717, 1.165) is 16.8 Å². The van der Waals surface area contributed by atoms with Crippen LogP contribution in [0, 0.1) is 19.7 Å². The Hall–Kier alpha value is -3.45. The largest absolute Gasteiger partial charge is 0.325 e. The second-order valence-corrected chi connectivity index (χ2v) is 8.06. The summed E-state index contributed by atoms with van der Waals surface area (Å²) in [7, 11) is 0. The van der Waals surface area contributed by atoms with Crippen molar-refractivity contribution in [1.29, 1.82) is 0 Å². The molecule has 0 saturated heterocycles. The lowest BCUT2D eigenvalue weighted by Gasteiger charge is -2.16. The summed E-state index contributed by atoms with van der Waals surface area (Å²) >= 11 is 1.18. The van der Waals surface area contributed by atoms with Crippen molar-refractivity contribution in [3.8, 4) is 5.69 Å². The van der Waals surface area contributed by atoms with Crippen molar-refractivity contribution in [3.05, 3.63) is 94.0 Å². The normalized spacial score (nSPS) is 10.9. The summed E-state index contributed by atoms with van der Waals surface area (Å²) in [5, 5.41) is 3.68. The third-order valence-electron chi connectivity index (χ3n) is 5.02. The van der Waals surface area contributed by atoms with Crippen molar-refractivity contribution in [3.63, 3.8) is 0 Å². The number of hydrogen-bond acceptors (Lipinski definition) is 4. The highest BCUT2D eigenvalue weighted by atomic mass is 32.2. The van der Waals surface area contributed by atoms with E-state index in [1.807, 2.05) is 44.2 Å². The lowest BCUT2D eigenvalue weighted by atomic mass is 10.1. The monoisotopic (exact) mass is 433 g/mol. The number of amides is 1. The first-order chi connectivity index (χ1) is 14.9. The van der Waals surface area contributed by atoms with Crippen LogP contribution in [-0.4, -0.2) is 21.2 Å². The summed E-state index contributed by atoms with van der Waals surface area (Å²) in [6.07, 6.45) is 0. The fourth-order valence-corrected chi connectivity index (χ4v) is 4.07. The molecule has 0 aliphatic heterocycles. The summed E-state index contributed by atoms with van der Waals surface area (Å²) in [6.45, 7) is 3.95. The Balaban J connectivity index is 1.71. The van der Waals surface area contributed by atoms with E-state index in [0.29, 0.717) is 21.7 Å². The number of thioether (sulfide) groups is 1. The van der Waals surface area contributed by atoms with Crippen LogP contribution < -0.4 is 10.9 Å². The molecule has 0 atom stereocenters. The third-order valence-corrected chi connectivity index (χ3v) is 5.96. The van der Waals surface area contributed by atoms with Gasteiger partial charge in [0.15, 0.2) is 5.16 Å². The van der Waals surface area contributed by atoms with Gasteiger partial charge in [0.1, 0.15) is 5.82 Å². The van der Waals surface area contributed by atoms with E-state index < -0.39 is 0 Å². The predicted octanol–water partition coefficient (Wildman–Crippen LogP) is 4.87. The number of aryl methyl sites for hydroxylation is 1. The Kier molecular flexibility index (Phi) is 5.86. The molecule has 3 aromatic carbocycles. The first-order valence-corrected chi connectivity index (χ1v) is 10.7. The van der Waals surface area contributed by atoms with Crippen LogP contribution >= 0.6 is 11.8 Å². The second kappa shape index (κ2) is 8.73. The highest BCUT2D eigenvalue weighted by molar-refractivity contribution is 7.99. The molecular weight excluding hydrogens is 413 g/mol. The van der Waals surface area contributed by atoms with Crippen molar-refractivity contribution >= 4 is 34.3 Å². The van der Waals surface area contributed by atoms with Crippen LogP contribution in [-0.2, 0) is 4.79 Å². The number of carbonyl (C=O) groups excluding carboxylic acids is 1. The number of carbonyl (C=O) groups is 1. The molecule has 0 radical (unpaired) electrons. The minimum Gasteiger partial charge on any atom is -0.325 e. The van der Waals surface area contributed by atoms with E-state index in [1.165, 1.54) is 36.0 Å². The Bertz CT molecular complexity index is 1330. The number of para-hydroxylation sites is 1. The highest BCUT2D eigenvalue weighted by Gasteiger charge is 2.16. The SMILES string of the molecule is Cc1cccc(-n2c(SCC(=O)Nc3ccc(F)cc3)nc3ccccc3c2=O)c1C. The van der Waals surface area contributed by atoms with Crippen molar-refractivity contribution in [2.24, 2.45) is 0 Å². The molecule has 0 bridgehead atoms. The zero-order valence-electron chi connectivity index (χ0n) is 17.1. The molecule has 0 unspecified atom stereocenters. The topological polar surface area (TPSA) is 64.0 Å². The van der Waals surface area contributed by atoms with Gasteiger partial charge in [-0.2, -0.15) is 0 Å². The Morgan fingerprint density at radius 1 is 1.03 bits per heavy atom. The lowest BCUT2D eigenvalue weighted by Crippen LogP contribution is -2.23.